The number of aromatic nitrogens is 4. The van der Waals surface area contributed by atoms with Gasteiger partial charge in [0.25, 0.3) is 0 Å². The average Bonchev–Trinajstić information content (AvgIpc) is 3.58. The molecule has 0 radical (unpaired) electrons. The Morgan fingerprint density at radius 1 is 1.24 bits per heavy atom. The number of thioether (sulfide) groups is 1. The molecular weight excluding hydrogens is 701 g/mol. The highest BCUT2D eigenvalue weighted by atomic mass is 35.5. The highest BCUT2D eigenvalue weighted by molar-refractivity contribution is 8.13. The van der Waals surface area contributed by atoms with Gasteiger partial charge in [-0.05, 0) is 25.8 Å². The van der Waals surface area contributed by atoms with E-state index in [1.165, 1.54) is 18.0 Å². The number of methoxy groups -OCH3 is 1. The zero-order chi connectivity index (χ0) is 35.8. The minimum atomic E-state index is -4.02. The number of rotatable bonds is 17. The van der Waals surface area contributed by atoms with Crippen molar-refractivity contribution in [3.63, 3.8) is 0 Å². The van der Waals surface area contributed by atoms with E-state index in [2.05, 4.69) is 30.1 Å². The predicted octanol–water partition coefficient (Wildman–Crippen LogP) is 4.03. The third-order valence-corrected chi connectivity index (χ3v) is 10.9. The second-order valence-corrected chi connectivity index (χ2v) is 15.6. The molecule has 2 aromatic heterocycles. The normalized spacial score (nSPS) is 22.1. The lowest BCUT2D eigenvalue weighted by Crippen LogP contribution is -2.40. The van der Waals surface area contributed by atoms with Crippen LogP contribution in [0.25, 0.3) is 11.2 Å². The number of alkyl halides is 1. The van der Waals surface area contributed by atoms with Crippen LogP contribution in [0.3, 0.4) is 0 Å². The van der Waals surface area contributed by atoms with E-state index in [1.807, 2.05) is 30.3 Å². The summed E-state index contributed by atoms with van der Waals surface area (Å²) in [6.07, 6.45) is -2.06. The number of ether oxygens (including phenoxy) is 3. The number of aliphatic hydroxyl groups is 1. The number of hydrogen-bond acceptors (Lipinski definition) is 14. The highest BCUT2D eigenvalue weighted by Gasteiger charge is 2.54. The standard InChI is InChI=1S/C30H43ClN7O9PS/c1-6-44-24-21-23(36-27(32)37-24)38(18-34-21)25-30(4,31)22(39)20(47-25)17-46-48(42,35-16-19-10-8-7-9-11-19)45-14-15-49-26(40)29(2,3)12-13-33-28(41)43-5/h7-11,18,20,22,25,39H,6,12-17H2,1-5H3,(H,33,41)(H,35,42)(H2,32,36,37)/t20-,22-,25-,30-,48+/m1/s1. The van der Waals surface area contributed by atoms with E-state index in [0.717, 1.165) is 17.3 Å². The maximum Gasteiger partial charge on any atom is 0.406 e. The zero-order valence-electron chi connectivity index (χ0n) is 28.0. The summed E-state index contributed by atoms with van der Waals surface area (Å²) in [6, 6.07) is 9.23. The monoisotopic (exact) mass is 743 g/mol. The van der Waals surface area contributed by atoms with Crippen LogP contribution in [-0.2, 0) is 34.4 Å². The van der Waals surface area contributed by atoms with E-state index in [-0.39, 0.29) is 54.6 Å². The molecule has 1 fully saturated rings. The lowest BCUT2D eigenvalue weighted by molar-refractivity contribution is -0.118. The first kappa shape index (κ1) is 38.8. The smallest absolute Gasteiger partial charge is 0.406 e. The van der Waals surface area contributed by atoms with Gasteiger partial charge >= 0.3 is 13.8 Å². The summed E-state index contributed by atoms with van der Waals surface area (Å²) in [7, 11) is -2.76. The number of anilines is 1. The van der Waals surface area contributed by atoms with Gasteiger partial charge in [0.05, 0.1) is 33.3 Å². The molecule has 0 spiro atoms. The van der Waals surface area contributed by atoms with Gasteiger partial charge in [0.1, 0.15) is 17.1 Å². The Hall–Kier alpha value is -3.02. The van der Waals surface area contributed by atoms with Crippen molar-refractivity contribution in [3.8, 4) is 5.88 Å². The fourth-order valence-electron chi connectivity index (χ4n) is 4.89. The molecule has 16 nitrogen and oxygen atoms in total. The number of imidazole rings is 1. The molecule has 0 saturated carbocycles. The second-order valence-electron chi connectivity index (χ2n) is 11.9. The van der Waals surface area contributed by atoms with E-state index >= 15 is 0 Å². The van der Waals surface area contributed by atoms with Crippen molar-refractivity contribution in [2.45, 2.75) is 64.0 Å². The SMILES string of the molecule is CCOc1nc(N)nc2c1ncn2[C@@H]1O[C@H](CO[P@](=O)(NCc2ccccc2)OCCSC(=O)C(C)(C)CCNC(=O)OC)[C@@H](O)[C@@]1(C)Cl. The first-order valence-electron chi connectivity index (χ1n) is 15.5. The summed E-state index contributed by atoms with van der Waals surface area (Å²) in [6.45, 7) is 7.22. The molecule has 1 aromatic carbocycles. The topological polar surface area (TPSA) is 211 Å². The lowest BCUT2D eigenvalue weighted by atomic mass is 9.91. The van der Waals surface area contributed by atoms with Crippen LogP contribution in [0, 0.1) is 5.41 Å². The number of benzene rings is 1. The molecular formula is C30H43ClN7O9PS. The summed E-state index contributed by atoms with van der Waals surface area (Å²) < 4.78 is 43.4. The number of fused-ring (bicyclic) bond motifs is 1. The number of carbonyl (C=O) groups is 2. The molecule has 0 unspecified atom stereocenters. The Kier molecular flexibility index (Phi) is 13.3. The van der Waals surface area contributed by atoms with Crippen LogP contribution in [0.1, 0.15) is 45.9 Å². The molecule has 1 saturated heterocycles. The van der Waals surface area contributed by atoms with Crippen molar-refractivity contribution in [3.05, 3.63) is 42.2 Å². The molecule has 3 aromatic rings. The fraction of sp³-hybridized carbons (Fsp3) is 0.567. The van der Waals surface area contributed by atoms with Crippen molar-refractivity contribution in [1.29, 1.82) is 0 Å². The number of halogens is 1. The minimum absolute atomic E-state index is 0.0472. The molecule has 49 heavy (non-hydrogen) atoms. The molecule has 19 heteroatoms. The third-order valence-electron chi connectivity index (χ3n) is 7.72. The quantitative estimate of drug-likeness (QED) is 0.0874. The minimum Gasteiger partial charge on any atom is -0.476 e. The molecule has 5 N–H and O–H groups in total. The van der Waals surface area contributed by atoms with Crippen molar-refractivity contribution < 1.29 is 42.5 Å². The summed E-state index contributed by atoms with van der Waals surface area (Å²) in [4.78, 5) is 35.6. The van der Waals surface area contributed by atoms with Crippen LogP contribution >= 0.6 is 31.1 Å². The van der Waals surface area contributed by atoms with E-state index in [1.54, 1.807) is 27.7 Å². The molecule has 4 rings (SSSR count). The van der Waals surface area contributed by atoms with E-state index in [4.69, 9.17) is 35.9 Å². The Morgan fingerprint density at radius 3 is 2.67 bits per heavy atom. The molecule has 0 bridgehead atoms. The number of nitrogen functional groups attached to an aromatic ring is 1. The van der Waals surface area contributed by atoms with Gasteiger partial charge < -0.3 is 30.4 Å². The summed E-state index contributed by atoms with van der Waals surface area (Å²) in [5.41, 5.74) is 6.61. The maximum absolute atomic E-state index is 14.0. The van der Waals surface area contributed by atoms with Crippen LogP contribution in [-0.4, -0.2) is 92.1 Å². The maximum atomic E-state index is 14.0. The number of aliphatic hydroxyl groups excluding tert-OH is 1. The summed E-state index contributed by atoms with van der Waals surface area (Å²) in [5.74, 6) is 0.328. The largest absolute Gasteiger partial charge is 0.476 e. The van der Waals surface area contributed by atoms with Gasteiger partial charge in [-0.25, -0.2) is 19.4 Å². The molecule has 5 atom stereocenters. The third kappa shape index (κ3) is 9.82. The fourth-order valence-corrected chi connectivity index (χ4v) is 7.46. The van der Waals surface area contributed by atoms with Gasteiger partial charge in [0, 0.05) is 24.3 Å². The van der Waals surface area contributed by atoms with E-state index < -0.39 is 42.6 Å². The zero-order valence-corrected chi connectivity index (χ0v) is 30.4. The molecule has 0 aliphatic carbocycles. The number of nitrogens with zero attached hydrogens (tertiary/aromatic N) is 4. The van der Waals surface area contributed by atoms with Crippen molar-refractivity contribution in [2.24, 2.45) is 5.41 Å². The number of alkyl carbamates (subject to hydrolysis) is 1. The van der Waals surface area contributed by atoms with Gasteiger partial charge in [-0.15, -0.1) is 11.6 Å². The number of amides is 1. The molecule has 1 aliphatic heterocycles. The Bertz CT molecular complexity index is 1630. The van der Waals surface area contributed by atoms with E-state index in [0.29, 0.717) is 18.5 Å². The number of nitrogens with one attached hydrogen (secondary N) is 2. The van der Waals surface area contributed by atoms with Crippen molar-refractivity contribution in [2.75, 3.05) is 45.0 Å². The van der Waals surface area contributed by atoms with Crippen LogP contribution < -0.4 is 20.9 Å². The van der Waals surface area contributed by atoms with Crippen molar-refractivity contribution in [1.82, 2.24) is 29.9 Å². The van der Waals surface area contributed by atoms with Gasteiger partial charge in [0.2, 0.25) is 11.8 Å². The molecule has 1 aliphatic rings. The highest BCUT2D eigenvalue weighted by Crippen LogP contribution is 2.48. The molecule has 270 valence electrons. The molecule has 1 amide bonds. The van der Waals surface area contributed by atoms with Crippen LogP contribution in [0.15, 0.2) is 36.7 Å². The Morgan fingerprint density at radius 2 is 1.98 bits per heavy atom. The number of nitrogens with two attached hydrogens (primary N) is 1. The van der Waals surface area contributed by atoms with Gasteiger partial charge in [-0.3, -0.25) is 18.4 Å². The second kappa shape index (κ2) is 16.8. The Labute approximate surface area is 293 Å². The van der Waals surface area contributed by atoms with Gasteiger partial charge in [-0.1, -0.05) is 55.9 Å². The number of carbonyl (C=O) groups excluding carboxylic acids is 2. The Balaban J connectivity index is 1.42. The predicted molar refractivity (Wildman–Crippen MR) is 184 cm³/mol. The summed E-state index contributed by atoms with van der Waals surface area (Å²) >= 11 is 7.88. The lowest BCUT2D eigenvalue weighted by Gasteiger charge is -2.26. The summed E-state index contributed by atoms with van der Waals surface area (Å²) in [5, 5.41) is 16.5. The van der Waals surface area contributed by atoms with Crippen LogP contribution in [0.2, 0.25) is 0 Å². The first-order chi connectivity index (χ1) is 23.2. The van der Waals surface area contributed by atoms with Crippen LogP contribution in [0.5, 0.6) is 5.88 Å². The van der Waals surface area contributed by atoms with Gasteiger partial charge in [0.15, 0.2) is 22.5 Å². The van der Waals surface area contributed by atoms with Crippen molar-refractivity contribution >= 4 is 59.4 Å². The molecule has 3 heterocycles. The van der Waals surface area contributed by atoms with E-state index in [9.17, 15) is 19.3 Å². The van der Waals surface area contributed by atoms with Crippen LogP contribution in [0.4, 0.5) is 10.7 Å². The average molecular weight is 744 g/mol. The number of hydrogen-bond donors (Lipinski definition) is 4. The first-order valence-corrected chi connectivity index (χ1v) is 18.4. The van der Waals surface area contributed by atoms with Gasteiger partial charge in [-0.2, -0.15) is 9.97 Å².